The quantitative estimate of drug-likeness (QED) is 0.416. The normalized spacial score (nSPS) is 15.4. The molecule has 2 aromatic rings. The summed E-state index contributed by atoms with van der Waals surface area (Å²) < 4.78 is 47.0. The van der Waals surface area contributed by atoms with Gasteiger partial charge in [-0.2, -0.15) is 4.31 Å². The zero-order chi connectivity index (χ0) is 23.4. The first kappa shape index (κ1) is 24.2. The van der Waals surface area contributed by atoms with Gasteiger partial charge >= 0.3 is 0 Å². The Morgan fingerprint density at radius 3 is 2.56 bits per heavy atom. The molecule has 32 heavy (non-hydrogen) atoms. The fraction of sp³-hybridized carbons (Fsp3) is 0.333. The fourth-order valence-corrected chi connectivity index (χ4v) is 5.75. The molecule has 0 radical (unpaired) electrons. The number of nitrogens with one attached hydrogen (secondary N) is 1. The van der Waals surface area contributed by atoms with Gasteiger partial charge < -0.3 is 14.9 Å². The second kappa shape index (κ2) is 10.0. The van der Waals surface area contributed by atoms with Crippen molar-refractivity contribution in [1.29, 1.82) is 0 Å². The summed E-state index contributed by atoms with van der Waals surface area (Å²) in [5, 5.41) is 3.53. The van der Waals surface area contributed by atoms with Crippen LogP contribution in [-0.2, 0) is 10.0 Å². The van der Waals surface area contributed by atoms with Crippen molar-refractivity contribution < 1.29 is 17.5 Å². The fourth-order valence-electron chi connectivity index (χ4n) is 3.34. The van der Waals surface area contributed by atoms with Crippen molar-refractivity contribution in [3.8, 4) is 5.75 Å². The molecule has 1 aliphatic heterocycles. The zero-order valence-corrected chi connectivity index (χ0v) is 19.1. The summed E-state index contributed by atoms with van der Waals surface area (Å²) in [4.78, 5) is 6.33. The average Bonchev–Trinajstić information content (AvgIpc) is 2.71. The van der Waals surface area contributed by atoms with Crippen molar-refractivity contribution in [2.24, 2.45) is 5.41 Å². The van der Waals surface area contributed by atoms with Crippen molar-refractivity contribution in [3.05, 3.63) is 75.1 Å². The van der Waals surface area contributed by atoms with Gasteiger partial charge in [0.15, 0.2) is 0 Å². The average molecular weight is 497 g/mol. The summed E-state index contributed by atoms with van der Waals surface area (Å²) in [6.07, 6.45) is 0. The van der Waals surface area contributed by atoms with Crippen LogP contribution in [0.4, 0.5) is 10.1 Å². The van der Waals surface area contributed by atoms with E-state index in [4.69, 9.17) is 41.1 Å². The van der Waals surface area contributed by atoms with E-state index in [0.29, 0.717) is 24.7 Å². The molecule has 1 saturated heterocycles. The molecule has 0 aliphatic carbocycles. The Balaban J connectivity index is 1.74. The van der Waals surface area contributed by atoms with Gasteiger partial charge in [-0.3, -0.25) is 0 Å². The lowest BCUT2D eigenvalue weighted by Crippen LogP contribution is -2.64. The first-order valence-corrected chi connectivity index (χ1v) is 11.7. The van der Waals surface area contributed by atoms with E-state index in [1.54, 1.807) is 0 Å². The molecule has 3 rings (SSSR count). The topological polar surface area (TPSA) is 67.4 Å². The van der Waals surface area contributed by atoms with E-state index in [0.717, 1.165) is 6.07 Å². The molecule has 0 spiro atoms. The highest BCUT2D eigenvalue weighted by molar-refractivity contribution is 7.89. The second-order valence-electron chi connectivity index (χ2n) is 7.42. The van der Waals surface area contributed by atoms with Crippen LogP contribution >= 0.6 is 23.2 Å². The van der Waals surface area contributed by atoms with Gasteiger partial charge in [-0.1, -0.05) is 23.2 Å². The number of hydrogen-bond donors (Lipinski definition) is 1. The third-order valence-corrected chi connectivity index (χ3v) is 7.53. The molecule has 168 valence electrons. The van der Waals surface area contributed by atoms with Crippen LogP contribution in [0.5, 0.6) is 5.75 Å². The monoisotopic (exact) mass is 496 g/mol. The summed E-state index contributed by atoms with van der Waals surface area (Å²) in [7, 11) is -3.84. The Labute approximate surface area is 196 Å². The van der Waals surface area contributed by atoms with E-state index in [1.165, 1.54) is 34.6 Å². The molecule has 1 N–H and O–H groups in total. The van der Waals surface area contributed by atoms with E-state index in [2.05, 4.69) is 15.0 Å². The van der Waals surface area contributed by atoms with Gasteiger partial charge in [0.25, 0.3) is 0 Å². The van der Waals surface area contributed by atoms with Gasteiger partial charge in [0.05, 0.1) is 24.7 Å². The third-order valence-electron chi connectivity index (χ3n) is 5.02. The minimum Gasteiger partial charge on any atom is -0.493 e. The molecule has 11 heteroatoms. The van der Waals surface area contributed by atoms with Gasteiger partial charge in [-0.05, 0) is 30.3 Å². The molecule has 1 heterocycles. The minimum absolute atomic E-state index is 0.0316. The van der Waals surface area contributed by atoms with Crippen LogP contribution in [0.3, 0.4) is 0 Å². The molecule has 7 nitrogen and oxygen atoms in total. The molecule has 0 aromatic heterocycles. The van der Waals surface area contributed by atoms with Gasteiger partial charge in [-0.15, -0.1) is 0 Å². The first-order valence-electron chi connectivity index (χ1n) is 9.50. The molecule has 1 aliphatic rings. The molecule has 0 unspecified atom stereocenters. The van der Waals surface area contributed by atoms with E-state index in [-0.39, 0.29) is 41.1 Å². The van der Waals surface area contributed by atoms with Gasteiger partial charge in [0.2, 0.25) is 22.3 Å². The van der Waals surface area contributed by atoms with Crippen LogP contribution in [-0.4, -0.2) is 52.1 Å². The van der Waals surface area contributed by atoms with E-state index in [1.807, 2.05) is 0 Å². The van der Waals surface area contributed by atoms with Crippen LogP contribution in [0.1, 0.15) is 0 Å². The molecule has 2 aromatic carbocycles. The maximum atomic E-state index is 13.9. The number of halogens is 3. The highest BCUT2D eigenvalue weighted by Gasteiger charge is 2.49. The molecule has 0 bridgehead atoms. The van der Waals surface area contributed by atoms with E-state index >= 15 is 0 Å². The minimum atomic E-state index is -3.84. The smallest absolute Gasteiger partial charge is 0.244 e. The Morgan fingerprint density at radius 1 is 1.19 bits per heavy atom. The summed E-state index contributed by atoms with van der Waals surface area (Å²) in [6.45, 7) is 15.4. The highest BCUT2D eigenvalue weighted by Crippen LogP contribution is 2.37. The van der Waals surface area contributed by atoms with E-state index < -0.39 is 21.3 Å². The summed E-state index contributed by atoms with van der Waals surface area (Å²) in [5.41, 5.74) is -0.684. The second-order valence-corrected chi connectivity index (χ2v) is 10.2. The molecule has 0 amide bonds. The molecular weight excluding hydrogens is 478 g/mol. The van der Waals surface area contributed by atoms with Gasteiger partial charge in [-0.25, -0.2) is 24.2 Å². The maximum absolute atomic E-state index is 13.9. The Morgan fingerprint density at radius 2 is 1.94 bits per heavy atom. The lowest BCUT2D eigenvalue weighted by atomic mass is 9.82. The van der Waals surface area contributed by atoms with Crippen molar-refractivity contribution in [1.82, 2.24) is 9.62 Å². The van der Waals surface area contributed by atoms with Crippen LogP contribution in [0, 0.1) is 24.4 Å². The Bertz CT molecular complexity index is 1190. The summed E-state index contributed by atoms with van der Waals surface area (Å²) in [6, 6.07) is 8.17. The number of benzene rings is 2. The number of rotatable bonds is 9. The van der Waals surface area contributed by atoms with Crippen molar-refractivity contribution in [2.75, 3.05) is 39.3 Å². The van der Waals surface area contributed by atoms with Crippen LogP contribution < -0.4 is 10.1 Å². The number of ether oxygens (including phenoxy) is 1. The SMILES string of the molecule is [C-]#[N+]CCNCC1(COc2ccc([N+]#[C-])c(F)c2)CN(S(=O)(=O)c2ccc(Cl)cc2Cl)C1. The van der Waals surface area contributed by atoms with Crippen molar-refractivity contribution in [2.45, 2.75) is 4.90 Å². The highest BCUT2D eigenvalue weighted by atomic mass is 35.5. The Kier molecular flexibility index (Phi) is 7.60. The predicted octanol–water partition coefficient (Wildman–Crippen LogP) is 4.26. The van der Waals surface area contributed by atoms with Crippen molar-refractivity contribution in [3.63, 3.8) is 0 Å². The molecular formula is C21H19Cl2FN4O3S. The Hall–Kier alpha value is -2.40. The summed E-state index contributed by atoms with van der Waals surface area (Å²) >= 11 is 12.0. The molecule has 0 atom stereocenters. The molecule has 0 saturated carbocycles. The van der Waals surface area contributed by atoms with Crippen LogP contribution in [0.2, 0.25) is 10.0 Å². The standard InChI is InChI=1S/C21H19Cl2FN4O3S/c1-25-7-8-27-11-21(14-31-16-4-5-19(26-2)18(24)10-16)12-28(13-21)32(29,30)20-6-3-15(22)9-17(20)23/h3-6,9-10,27H,7-8,11-14H2. The number of sulfonamides is 1. The lowest BCUT2D eigenvalue weighted by molar-refractivity contribution is 0.0198. The first-order chi connectivity index (χ1) is 15.2. The van der Waals surface area contributed by atoms with Gasteiger partial charge in [0.1, 0.15) is 16.5 Å². The summed E-state index contributed by atoms with van der Waals surface area (Å²) in [5.74, 6) is -0.436. The van der Waals surface area contributed by atoms with Crippen LogP contribution in [0.25, 0.3) is 9.69 Å². The van der Waals surface area contributed by atoms with Gasteiger partial charge in [0, 0.05) is 36.1 Å². The largest absolute Gasteiger partial charge is 0.493 e. The molecule has 1 fully saturated rings. The number of nitrogens with zero attached hydrogens (tertiary/aromatic N) is 3. The number of hydrogen-bond acceptors (Lipinski definition) is 4. The third kappa shape index (κ3) is 5.32. The predicted molar refractivity (Wildman–Crippen MR) is 120 cm³/mol. The van der Waals surface area contributed by atoms with Crippen molar-refractivity contribution >= 4 is 38.9 Å². The maximum Gasteiger partial charge on any atom is 0.244 e. The van der Waals surface area contributed by atoms with E-state index in [9.17, 15) is 12.8 Å². The lowest BCUT2D eigenvalue weighted by Gasteiger charge is -2.48. The zero-order valence-electron chi connectivity index (χ0n) is 16.8. The van der Waals surface area contributed by atoms with Crippen LogP contribution in [0.15, 0.2) is 41.3 Å².